The molecule has 1 N–H and O–H groups in total. The van der Waals surface area contributed by atoms with Crippen molar-refractivity contribution >= 4 is 16.5 Å². The Morgan fingerprint density at radius 2 is 2.14 bits per heavy atom. The summed E-state index contributed by atoms with van der Waals surface area (Å²) in [5.74, 6) is 0.919. The predicted octanol–water partition coefficient (Wildman–Crippen LogP) is 3.46. The molecule has 1 heterocycles. The van der Waals surface area contributed by atoms with E-state index in [4.69, 9.17) is 4.74 Å². The molecule has 1 unspecified atom stereocenters. The van der Waals surface area contributed by atoms with E-state index in [1.807, 2.05) is 24.4 Å². The molecule has 2 rings (SSSR count). The number of nitrogens with one attached hydrogen (secondary N) is 1. The number of rotatable bonds is 7. The van der Waals surface area contributed by atoms with E-state index in [1.54, 1.807) is 18.4 Å². The molecule has 1 aromatic carbocycles. The fraction of sp³-hybridized carbons (Fsp3) is 0.438. The monoisotopic (exact) mass is 305 g/mol. The molecule has 2 aromatic rings. The van der Waals surface area contributed by atoms with Crippen LogP contribution < -0.4 is 15.0 Å². The van der Waals surface area contributed by atoms with Gasteiger partial charge < -0.3 is 15.0 Å². The molecule has 1 atom stereocenters. The van der Waals surface area contributed by atoms with Crippen molar-refractivity contribution in [3.63, 3.8) is 0 Å². The van der Waals surface area contributed by atoms with Gasteiger partial charge in [0.2, 0.25) is 0 Å². The third-order valence-corrected chi connectivity index (χ3v) is 4.67. The maximum absolute atomic E-state index is 5.40. The average molecular weight is 305 g/mol. The molecular formula is C16H23N3OS. The number of thiazole rings is 1. The zero-order valence-corrected chi connectivity index (χ0v) is 13.9. The Bertz CT molecular complexity index is 570. The Labute approximate surface area is 130 Å². The quantitative estimate of drug-likeness (QED) is 0.850. The summed E-state index contributed by atoms with van der Waals surface area (Å²) in [6, 6.07) is 8.45. The molecule has 5 heteroatoms. The van der Waals surface area contributed by atoms with Crippen LogP contribution in [-0.2, 0) is 6.54 Å². The molecule has 4 nitrogen and oxygen atoms in total. The number of methoxy groups -OCH3 is 1. The van der Waals surface area contributed by atoms with Crippen LogP contribution in [0, 0.1) is 0 Å². The van der Waals surface area contributed by atoms with E-state index in [0.29, 0.717) is 6.04 Å². The van der Waals surface area contributed by atoms with Crippen LogP contribution in [-0.4, -0.2) is 25.7 Å². The van der Waals surface area contributed by atoms with Crippen molar-refractivity contribution in [3.05, 3.63) is 40.9 Å². The van der Waals surface area contributed by atoms with Gasteiger partial charge in [-0.2, -0.15) is 0 Å². The summed E-state index contributed by atoms with van der Waals surface area (Å²) in [4.78, 5) is 7.95. The first-order valence-corrected chi connectivity index (χ1v) is 7.99. The number of anilines is 1. The van der Waals surface area contributed by atoms with Crippen molar-refractivity contribution in [1.29, 1.82) is 0 Å². The van der Waals surface area contributed by atoms with E-state index < -0.39 is 0 Å². The summed E-state index contributed by atoms with van der Waals surface area (Å²) in [6.45, 7) is 6.03. The first-order valence-electron chi connectivity index (χ1n) is 7.17. The van der Waals surface area contributed by atoms with Crippen molar-refractivity contribution in [1.82, 2.24) is 10.3 Å². The predicted molar refractivity (Wildman–Crippen MR) is 89.3 cm³/mol. The average Bonchev–Trinajstić information content (AvgIpc) is 2.98. The highest BCUT2D eigenvalue weighted by molar-refractivity contribution is 7.15. The van der Waals surface area contributed by atoms with Gasteiger partial charge in [0.25, 0.3) is 0 Å². The van der Waals surface area contributed by atoms with Gasteiger partial charge in [-0.05, 0) is 19.5 Å². The van der Waals surface area contributed by atoms with Crippen molar-refractivity contribution in [2.75, 3.05) is 25.6 Å². The molecule has 0 saturated heterocycles. The molecule has 0 aliphatic rings. The molecular weight excluding hydrogens is 282 g/mol. The highest BCUT2D eigenvalue weighted by Crippen LogP contribution is 2.28. The summed E-state index contributed by atoms with van der Waals surface area (Å²) < 4.78 is 5.40. The standard InChI is InChI=1S/C16H23N3OS/c1-5-17-12(2)15-10-18-16(21-15)19(3)11-13-8-6-7-9-14(13)20-4/h6-10,12,17H,5,11H2,1-4H3. The molecule has 0 spiro atoms. The minimum Gasteiger partial charge on any atom is -0.496 e. The van der Waals surface area contributed by atoms with Crippen LogP contribution in [0.1, 0.15) is 30.3 Å². The Kier molecular flexibility index (Phi) is 5.59. The molecule has 21 heavy (non-hydrogen) atoms. The number of ether oxygens (including phenoxy) is 1. The molecule has 0 radical (unpaired) electrons. The zero-order valence-electron chi connectivity index (χ0n) is 13.1. The number of benzene rings is 1. The van der Waals surface area contributed by atoms with Crippen molar-refractivity contribution in [3.8, 4) is 5.75 Å². The van der Waals surface area contributed by atoms with E-state index in [0.717, 1.165) is 24.0 Å². The van der Waals surface area contributed by atoms with Crippen LogP contribution in [0.4, 0.5) is 5.13 Å². The summed E-state index contributed by atoms with van der Waals surface area (Å²) in [5, 5.41) is 4.44. The van der Waals surface area contributed by atoms with Gasteiger partial charge >= 0.3 is 0 Å². The smallest absolute Gasteiger partial charge is 0.185 e. The summed E-state index contributed by atoms with van der Waals surface area (Å²) >= 11 is 1.73. The van der Waals surface area contributed by atoms with Crippen LogP contribution in [0.5, 0.6) is 5.75 Å². The highest BCUT2D eigenvalue weighted by Gasteiger charge is 2.13. The number of para-hydroxylation sites is 1. The van der Waals surface area contributed by atoms with E-state index in [9.17, 15) is 0 Å². The van der Waals surface area contributed by atoms with Crippen molar-refractivity contribution in [2.45, 2.75) is 26.4 Å². The molecule has 114 valence electrons. The van der Waals surface area contributed by atoms with Crippen LogP contribution >= 0.6 is 11.3 Å². The van der Waals surface area contributed by atoms with E-state index in [-0.39, 0.29) is 0 Å². The van der Waals surface area contributed by atoms with Gasteiger partial charge in [0.05, 0.1) is 7.11 Å². The summed E-state index contributed by atoms with van der Waals surface area (Å²) in [7, 11) is 3.77. The minimum absolute atomic E-state index is 0.348. The maximum Gasteiger partial charge on any atom is 0.185 e. The number of hydrogen-bond donors (Lipinski definition) is 1. The van der Waals surface area contributed by atoms with Crippen LogP contribution in [0.3, 0.4) is 0 Å². The third kappa shape index (κ3) is 3.95. The fourth-order valence-corrected chi connectivity index (χ4v) is 3.12. The van der Waals surface area contributed by atoms with Gasteiger partial charge in [-0.25, -0.2) is 4.98 Å². The lowest BCUT2D eigenvalue weighted by Crippen LogP contribution is -2.17. The second-order valence-corrected chi connectivity index (χ2v) is 6.03. The normalized spacial score (nSPS) is 12.2. The molecule has 0 saturated carbocycles. The second-order valence-electron chi connectivity index (χ2n) is 4.99. The van der Waals surface area contributed by atoms with Gasteiger partial charge in [0, 0.05) is 36.3 Å². The maximum atomic E-state index is 5.40. The Morgan fingerprint density at radius 3 is 2.86 bits per heavy atom. The lowest BCUT2D eigenvalue weighted by atomic mass is 10.2. The Hall–Kier alpha value is -1.59. The van der Waals surface area contributed by atoms with Crippen LogP contribution in [0.2, 0.25) is 0 Å². The van der Waals surface area contributed by atoms with Gasteiger partial charge in [-0.1, -0.05) is 25.1 Å². The third-order valence-electron chi connectivity index (χ3n) is 3.38. The van der Waals surface area contributed by atoms with Gasteiger partial charge in [-0.15, -0.1) is 11.3 Å². The number of aromatic nitrogens is 1. The van der Waals surface area contributed by atoms with E-state index in [2.05, 4.69) is 42.2 Å². The van der Waals surface area contributed by atoms with Crippen LogP contribution in [0.15, 0.2) is 30.5 Å². The highest BCUT2D eigenvalue weighted by atomic mass is 32.1. The van der Waals surface area contributed by atoms with Crippen LogP contribution in [0.25, 0.3) is 0 Å². The molecule has 0 aliphatic heterocycles. The second kappa shape index (κ2) is 7.43. The van der Waals surface area contributed by atoms with E-state index >= 15 is 0 Å². The van der Waals surface area contributed by atoms with Crippen molar-refractivity contribution < 1.29 is 4.74 Å². The molecule has 0 fully saturated rings. The SMILES string of the molecule is CCNC(C)c1cnc(N(C)Cc2ccccc2OC)s1. The first kappa shape index (κ1) is 15.8. The van der Waals surface area contributed by atoms with E-state index in [1.165, 1.54) is 10.4 Å². The fourth-order valence-electron chi connectivity index (χ4n) is 2.22. The summed E-state index contributed by atoms with van der Waals surface area (Å²) in [6.07, 6.45) is 1.96. The zero-order chi connectivity index (χ0) is 15.2. The van der Waals surface area contributed by atoms with Gasteiger partial charge in [0.1, 0.15) is 5.75 Å². The lowest BCUT2D eigenvalue weighted by Gasteiger charge is -2.17. The number of hydrogen-bond acceptors (Lipinski definition) is 5. The topological polar surface area (TPSA) is 37.4 Å². The first-order chi connectivity index (χ1) is 10.2. The largest absolute Gasteiger partial charge is 0.496 e. The molecule has 0 amide bonds. The Balaban J connectivity index is 2.08. The van der Waals surface area contributed by atoms with Gasteiger partial charge in [0.15, 0.2) is 5.13 Å². The number of nitrogens with zero attached hydrogens (tertiary/aromatic N) is 2. The van der Waals surface area contributed by atoms with Gasteiger partial charge in [-0.3, -0.25) is 0 Å². The molecule has 0 bridgehead atoms. The lowest BCUT2D eigenvalue weighted by molar-refractivity contribution is 0.409. The summed E-state index contributed by atoms with van der Waals surface area (Å²) in [5.41, 5.74) is 1.17. The molecule has 1 aromatic heterocycles. The molecule has 0 aliphatic carbocycles. The Morgan fingerprint density at radius 1 is 1.38 bits per heavy atom. The van der Waals surface area contributed by atoms with Crippen molar-refractivity contribution in [2.24, 2.45) is 0 Å². The minimum atomic E-state index is 0.348.